The number of benzene rings is 1. The summed E-state index contributed by atoms with van der Waals surface area (Å²) in [7, 11) is 1.33. The van der Waals surface area contributed by atoms with E-state index in [-0.39, 0.29) is 5.97 Å². The summed E-state index contributed by atoms with van der Waals surface area (Å²) in [5.74, 6) is -1.66. The average molecular weight is 306 g/mol. The highest BCUT2D eigenvalue weighted by atomic mass is 16.5. The summed E-state index contributed by atoms with van der Waals surface area (Å²) in [6.45, 7) is 2.39. The van der Waals surface area contributed by atoms with Crippen LogP contribution in [-0.4, -0.2) is 31.4 Å². The van der Waals surface area contributed by atoms with E-state index in [1.54, 1.807) is 12.1 Å². The molecule has 6 heteroatoms. The summed E-state index contributed by atoms with van der Waals surface area (Å²) in [5.41, 5.74) is 1.75. The van der Waals surface area contributed by atoms with Crippen molar-refractivity contribution < 1.29 is 19.1 Å². The van der Waals surface area contributed by atoms with Gasteiger partial charge >= 0.3 is 17.8 Å². The van der Waals surface area contributed by atoms with Gasteiger partial charge in [-0.1, -0.05) is 19.1 Å². The fraction of sp³-hybridized carbons (Fsp3) is 0.438. The average Bonchev–Trinajstić information content (AvgIpc) is 2.54. The van der Waals surface area contributed by atoms with Gasteiger partial charge in [-0.05, 0) is 37.0 Å². The number of ether oxygens (including phenoxy) is 1. The standard InChI is InChI=1S/C16H22N2O4/c1-3-12-7-9-13(10-8-12)18-16(21)15(20)17-11-5-4-6-14(19)22-2/h7-10H,3-6,11H2,1-2H3,(H,17,20)(H,18,21). The van der Waals surface area contributed by atoms with Crippen molar-refractivity contribution in [2.45, 2.75) is 32.6 Å². The zero-order chi connectivity index (χ0) is 16.4. The maximum atomic E-state index is 11.7. The van der Waals surface area contributed by atoms with Crippen molar-refractivity contribution in [1.82, 2.24) is 5.32 Å². The van der Waals surface area contributed by atoms with Crippen molar-refractivity contribution in [2.24, 2.45) is 0 Å². The first kappa shape index (κ1) is 17.7. The normalized spacial score (nSPS) is 9.91. The Bertz CT molecular complexity index is 511. The minimum atomic E-state index is -0.697. The van der Waals surface area contributed by atoms with Gasteiger partial charge in [0.15, 0.2) is 0 Å². The number of nitrogens with one attached hydrogen (secondary N) is 2. The second-order valence-electron chi connectivity index (χ2n) is 4.79. The van der Waals surface area contributed by atoms with E-state index in [1.165, 1.54) is 7.11 Å². The van der Waals surface area contributed by atoms with Gasteiger partial charge in [0, 0.05) is 18.7 Å². The molecule has 0 bridgehead atoms. The van der Waals surface area contributed by atoms with E-state index in [4.69, 9.17) is 0 Å². The van der Waals surface area contributed by atoms with Crippen molar-refractivity contribution in [3.63, 3.8) is 0 Å². The number of amides is 2. The van der Waals surface area contributed by atoms with Gasteiger partial charge < -0.3 is 15.4 Å². The van der Waals surface area contributed by atoms with E-state index < -0.39 is 11.8 Å². The van der Waals surface area contributed by atoms with Crippen LogP contribution in [0.3, 0.4) is 0 Å². The molecule has 6 nitrogen and oxygen atoms in total. The highest BCUT2D eigenvalue weighted by molar-refractivity contribution is 6.39. The molecule has 0 radical (unpaired) electrons. The largest absolute Gasteiger partial charge is 0.469 e. The SMILES string of the molecule is CCc1ccc(NC(=O)C(=O)NCCCCC(=O)OC)cc1. The Morgan fingerprint density at radius 3 is 2.32 bits per heavy atom. The molecular formula is C16H22N2O4. The fourth-order valence-electron chi connectivity index (χ4n) is 1.79. The van der Waals surface area contributed by atoms with Gasteiger partial charge in [0.1, 0.15) is 0 Å². The molecule has 0 spiro atoms. The molecule has 0 aliphatic carbocycles. The van der Waals surface area contributed by atoms with Gasteiger partial charge in [-0.25, -0.2) is 0 Å². The summed E-state index contributed by atoms with van der Waals surface area (Å²) in [6, 6.07) is 7.33. The second-order valence-corrected chi connectivity index (χ2v) is 4.79. The number of carbonyl (C=O) groups is 3. The molecule has 2 amide bonds. The number of methoxy groups -OCH3 is 1. The Kier molecular flexibility index (Phi) is 7.67. The third-order valence-electron chi connectivity index (χ3n) is 3.15. The van der Waals surface area contributed by atoms with E-state index in [9.17, 15) is 14.4 Å². The predicted octanol–water partition coefficient (Wildman–Crippen LogP) is 1.65. The first-order valence-electron chi connectivity index (χ1n) is 7.31. The Hall–Kier alpha value is -2.37. The molecule has 0 aliphatic heterocycles. The van der Waals surface area contributed by atoms with Gasteiger partial charge in [-0.2, -0.15) is 0 Å². The van der Waals surface area contributed by atoms with Crippen LogP contribution in [0.4, 0.5) is 5.69 Å². The number of hydrogen-bond donors (Lipinski definition) is 2. The molecule has 0 saturated carbocycles. The first-order valence-corrected chi connectivity index (χ1v) is 7.31. The van der Waals surface area contributed by atoms with Crippen molar-refractivity contribution >= 4 is 23.5 Å². The Labute approximate surface area is 130 Å². The quantitative estimate of drug-likeness (QED) is 0.456. The number of aryl methyl sites for hydroxylation is 1. The van der Waals surface area contributed by atoms with Crippen molar-refractivity contribution in [2.75, 3.05) is 19.0 Å². The van der Waals surface area contributed by atoms with E-state index in [1.807, 2.05) is 19.1 Å². The maximum Gasteiger partial charge on any atom is 0.313 e. The lowest BCUT2D eigenvalue weighted by Gasteiger charge is -2.07. The number of esters is 1. The summed E-state index contributed by atoms with van der Waals surface area (Å²) in [5, 5.41) is 5.05. The van der Waals surface area contributed by atoms with Crippen LogP contribution in [0.5, 0.6) is 0 Å². The Morgan fingerprint density at radius 1 is 1.05 bits per heavy atom. The van der Waals surface area contributed by atoms with Crippen LogP contribution in [0, 0.1) is 0 Å². The lowest BCUT2D eigenvalue weighted by molar-refractivity contribution is -0.140. The Balaban J connectivity index is 2.26. The van der Waals surface area contributed by atoms with Crippen molar-refractivity contribution in [3.05, 3.63) is 29.8 Å². The number of rotatable bonds is 7. The zero-order valence-electron chi connectivity index (χ0n) is 13.0. The third kappa shape index (κ3) is 6.39. The van der Waals surface area contributed by atoms with Crippen LogP contribution in [-0.2, 0) is 25.5 Å². The molecule has 2 N–H and O–H groups in total. The topological polar surface area (TPSA) is 84.5 Å². The lowest BCUT2D eigenvalue weighted by Crippen LogP contribution is -2.35. The van der Waals surface area contributed by atoms with Gasteiger partial charge in [-0.3, -0.25) is 14.4 Å². The molecule has 120 valence electrons. The summed E-state index contributed by atoms with van der Waals surface area (Å²) in [6.07, 6.45) is 2.44. The highest BCUT2D eigenvalue weighted by Gasteiger charge is 2.12. The van der Waals surface area contributed by atoms with Crippen LogP contribution in [0.25, 0.3) is 0 Å². The van der Waals surface area contributed by atoms with E-state index in [2.05, 4.69) is 15.4 Å². The van der Waals surface area contributed by atoms with E-state index in [0.717, 1.165) is 12.0 Å². The molecule has 0 heterocycles. The smallest absolute Gasteiger partial charge is 0.313 e. The monoisotopic (exact) mass is 306 g/mol. The van der Waals surface area contributed by atoms with E-state index >= 15 is 0 Å². The number of hydrogen-bond acceptors (Lipinski definition) is 4. The molecular weight excluding hydrogens is 284 g/mol. The van der Waals surface area contributed by atoms with Crippen molar-refractivity contribution in [3.8, 4) is 0 Å². The predicted molar refractivity (Wildman–Crippen MR) is 83.3 cm³/mol. The Morgan fingerprint density at radius 2 is 1.73 bits per heavy atom. The van der Waals surface area contributed by atoms with Gasteiger partial charge in [0.25, 0.3) is 0 Å². The first-order chi connectivity index (χ1) is 10.6. The summed E-state index contributed by atoms with van der Waals surface area (Å²) < 4.78 is 4.51. The molecule has 0 aliphatic rings. The van der Waals surface area contributed by atoms with Crippen LogP contribution < -0.4 is 10.6 Å². The molecule has 1 aromatic rings. The molecule has 1 rings (SSSR count). The number of unbranched alkanes of at least 4 members (excludes halogenated alkanes) is 1. The highest BCUT2D eigenvalue weighted by Crippen LogP contribution is 2.09. The number of carbonyl (C=O) groups excluding carboxylic acids is 3. The van der Waals surface area contributed by atoms with Crippen molar-refractivity contribution in [1.29, 1.82) is 0 Å². The maximum absolute atomic E-state index is 11.7. The number of anilines is 1. The molecule has 22 heavy (non-hydrogen) atoms. The van der Waals surface area contributed by atoms with Crippen LogP contribution in [0.1, 0.15) is 31.7 Å². The molecule has 0 atom stereocenters. The molecule has 0 fully saturated rings. The second kappa shape index (κ2) is 9.55. The summed E-state index contributed by atoms with van der Waals surface area (Å²) >= 11 is 0. The minimum Gasteiger partial charge on any atom is -0.469 e. The fourth-order valence-corrected chi connectivity index (χ4v) is 1.79. The van der Waals surface area contributed by atoms with Gasteiger partial charge in [0.05, 0.1) is 7.11 Å². The third-order valence-corrected chi connectivity index (χ3v) is 3.15. The van der Waals surface area contributed by atoms with E-state index in [0.29, 0.717) is 31.5 Å². The molecule has 0 aromatic heterocycles. The van der Waals surface area contributed by atoms with Gasteiger partial charge in [0.2, 0.25) is 0 Å². The zero-order valence-corrected chi connectivity index (χ0v) is 13.0. The van der Waals surface area contributed by atoms with Crippen LogP contribution in [0.2, 0.25) is 0 Å². The summed E-state index contributed by atoms with van der Waals surface area (Å²) in [4.78, 5) is 34.2. The molecule has 0 unspecified atom stereocenters. The lowest BCUT2D eigenvalue weighted by atomic mass is 10.1. The van der Waals surface area contributed by atoms with Crippen LogP contribution >= 0.6 is 0 Å². The van der Waals surface area contributed by atoms with Gasteiger partial charge in [-0.15, -0.1) is 0 Å². The molecule has 1 aromatic carbocycles. The minimum absolute atomic E-state index is 0.278. The van der Waals surface area contributed by atoms with Crippen LogP contribution in [0.15, 0.2) is 24.3 Å². The molecule has 0 saturated heterocycles.